The third kappa shape index (κ3) is 1.23. The van der Waals surface area contributed by atoms with Gasteiger partial charge in [0.15, 0.2) is 0 Å². The summed E-state index contributed by atoms with van der Waals surface area (Å²) in [5.74, 6) is 5.50. The maximum Gasteiger partial charge on any atom is 0.0649 e. The molecule has 0 atom stereocenters. The Labute approximate surface area is 58.9 Å². The van der Waals surface area contributed by atoms with Gasteiger partial charge in [-0.05, 0) is 18.4 Å². The fourth-order valence-electron chi connectivity index (χ4n) is 0.744. The first-order valence-corrected chi connectivity index (χ1v) is 3.62. The summed E-state index contributed by atoms with van der Waals surface area (Å²) >= 11 is 1.71. The molecule has 0 aliphatic heterocycles. The van der Waals surface area contributed by atoms with E-state index in [0.717, 1.165) is 5.69 Å². The van der Waals surface area contributed by atoms with Crippen molar-refractivity contribution in [3.05, 3.63) is 16.3 Å². The van der Waals surface area contributed by atoms with Gasteiger partial charge in [-0.25, -0.2) is 5.84 Å². The van der Waals surface area contributed by atoms with E-state index in [1.54, 1.807) is 16.3 Å². The monoisotopic (exact) mass is 142 g/mol. The van der Waals surface area contributed by atoms with Crippen molar-refractivity contribution >= 4 is 17.0 Å². The molecule has 0 amide bonds. The zero-order valence-corrected chi connectivity index (χ0v) is 6.40. The molecule has 0 saturated heterocycles. The van der Waals surface area contributed by atoms with Crippen molar-refractivity contribution in [1.29, 1.82) is 0 Å². The minimum absolute atomic E-state index is 1.11. The summed E-state index contributed by atoms with van der Waals surface area (Å²) in [6, 6.07) is 2.01. The van der Waals surface area contributed by atoms with E-state index in [4.69, 9.17) is 5.84 Å². The lowest BCUT2D eigenvalue weighted by Crippen LogP contribution is -2.24. The Morgan fingerprint density at radius 3 is 2.56 bits per heavy atom. The van der Waals surface area contributed by atoms with Gasteiger partial charge in [-0.3, -0.25) is 0 Å². The normalized spacial score (nSPS) is 9.67. The number of nitrogens with two attached hydrogens (primary N) is 1. The molecular weight excluding hydrogens is 132 g/mol. The number of anilines is 1. The van der Waals surface area contributed by atoms with Crippen molar-refractivity contribution in [2.45, 2.75) is 6.92 Å². The van der Waals surface area contributed by atoms with E-state index in [-0.39, 0.29) is 0 Å². The van der Waals surface area contributed by atoms with Gasteiger partial charge in [0.1, 0.15) is 0 Å². The smallest absolute Gasteiger partial charge is 0.0649 e. The topological polar surface area (TPSA) is 29.3 Å². The Bertz CT molecular complexity index is 193. The van der Waals surface area contributed by atoms with Gasteiger partial charge in [-0.1, -0.05) is 0 Å². The second-order valence-electron chi connectivity index (χ2n) is 1.97. The van der Waals surface area contributed by atoms with Crippen LogP contribution in [0.3, 0.4) is 0 Å². The van der Waals surface area contributed by atoms with Crippen LogP contribution >= 0.6 is 11.3 Å². The van der Waals surface area contributed by atoms with E-state index in [2.05, 4.69) is 6.92 Å². The molecule has 0 saturated carbocycles. The lowest BCUT2D eigenvalue weighted by molar-refractivity contribution is 1.02. The second kappa shape index (κ2) is 2.37. The molecule has 0 aliphatic carbocycles. The molecule has 3 heteroatoms. The van der Waals surface area contributed by atoms with Crippen molar-refractivity contribution in [3.63, 3.8) is 0 Å². The van der Waals surface area contributed by atoms with Crippen LogP contribution < -0.4 is 10.9 Å². The number of aryl methyl sites for hydroxylation is 1. The molecule has 2 N–H and O–H groups in total. The zero-order valence-electron chi connectivity index (χ0n) is 5.59. The first kappa shape index (κ1) is 6.58. The number of rotatable bonds is 1. The lowest BCUT2D eigenvalue weighted by Gasteiger charge is -2.09. The maximum absolute atomic E-state index is 5.50. The summed E-state index contributed by atoms with van der Waals surface area (Å²) in [7, 11) is 1.84. The molecule has 0 bridgehead atoms. The molecule has 50 valence electrons. The minimum atomic E-state index is 1.11. The fraction of sp³-hybridized carbons (Fsp3) is 0.333. The molecule has 9 heavy (non-hydrogen) atoms. The Hall–Kier alpha value is -0.540. The van der Waals surface area contributed by atoms with Crippen molar-refractivity contribution in [3.8, 4) is 0 Å². The predicted octanol–water partition coefficient (Wildman–Crippen LogP) is 1.37. The molecule has 1 aromatic rings. The first-order chi connectivity index (χ1) is 4.22. The van der Waals surface area contributed by atoms with Crippen LogP contribution in [0.15, 0.2) is 11.4 Å². The van der Waals surface area contributed by atoms with Gasteiger partial charge in [0.2, 0.25) is 0 Å². The summed E-state index contributed by atoms with van der Waals surface area (Å²) in [5, 5.41) is 3.67. The highest BCUT2D eigenvalue weighted by atomic mass is 32.1. The molecule has 1 rings (SSSR count). The van der Waals surface area contributed by atoms with Crippen LogP contribution in [0.4, 0.5) is 5.69 Å². The molecule has 0 spiro atoms. The Kier molecular flexibility index (Phi) is 1.73. The van der Waals surface area contributed by atoms with Crippen molar-refractivity contribution < 1.29 is 0 Å². The molecule has 1 aromatic heterocycles. The van der Waals surface area contributed by atoms with Crippen LogP contribution in [0.2, 0.25) is 0 Å². The zero-order chi connectivity index (χ0) is 6.85. The number of hydrogen-bond donors (Lipinski definition) is 1. The molecule has 0 aliphatic rings. The van der Waals surface area contributed by atoms with Crippen molar-refractivity contribution in [2.24, 2.45) is 5.84 Å². The van der Waals surface area contributed by atoms with E-state index in [1.807, 2.05) is 18.5 Å². The van der Waals surface area contributed by atoms with E-state index >= 15 is 0 Å². The van der Waals surface area contributed by atoms with E-state index in [1.165, 1.54) is 4.88 Å². The van der Waals surface area contributed by atoms with E-state index < -0.39 is 0 Å². The largest absolute Gasteiger partial charge is 0.313 e. The summed E-state index contributed by atoms with van der Waals surface area (Å²) in [5.41, 5.74) is 1.11. The number of hydrazine groups is 1. The van der Waals surface area contributed by atoms with Crippen LogP contribution in [-0.4, -0.2) is 7.05 Å². The van der Waals surface area contributed by atoms with Gasteiger partial charge in [0.25, 0.3) is 0 Å². The van der Waals surface area contributed by atoms with Gasteiger partial charge in [-0.15, -0.1) is 11.3 Å². The SMILES string of the molecule is Cc1sccc1N(C)N. The summed E-state index contributed by atoms with van der Waals surface area (Å²) < 4.78 is 0. The molecule has 0 aromatic carbocycles. The average molecular weight is 142 g/mol. The quantitative estimate of drug-likeness (QED) is 0.474. The molecular formula is C6H10N2S. The summed E-state index contributed by atoms with van der Waals surface area (Å²) in [6.45, 7) is 2.06. The number of hydrogen-bond acceptors (Lipinski definition) is 3. The first-order valence-electron chi connectivity index (χ1n) is 2.74. The highest BCUT2D eigenvalue weighted by Gasteiger charge is 1.98. The second-order valence-corrected chi connectivity index (χ2v) is 3.09. The third-order valence-corrected chi connectivity index (χ3v) is 2.05. The molecule has 0 unspecified atom stereocenters. The Morgan fingerprint density at radius 2 is 2.33 bits per heavy atom. The van der Waals surface area contributed by atoms with Crippen LogP contribution in [0.25, 0.3) is 0 Å². The van der Waals surface area contributed by atoms with Crippen molar-refractivity contribution in [1.82, 2.24) is 0 Å². The van der Waals surface area contributed by atoms with Gasteiger partial charge < -0.3 is 5.01 Å². The van der Waals surface area contributed by atoms with Crippen molar-refractivity contribution in [2.75, 3.05) is 12.1 Å². The van der Waals surface area contributed by atoms with Gasteiger partial charge in [0, 0.05) is 11.9 Å². The summed E-state index contributed by atoms with van der Waals surface area (Å²) in [4.78, 5) is 1.26. The molecule has 1 heterocycles. The van der Waals surface area contributed by atoms with Crippen LogP contribution in [0, 0.1) is 6.92 Å². The van der Waals surface area contributed by atoms with E-state index in [9.17, 15) is 0 Å². The van der Waals surface area contributed by atoms with Crippen LogP contribution in [-0.2, 0) is 0 Å². The predicted molar refractivity (Wildman–Crippen MR) is 41.6 cm³/mol. The van der Waals surface area contributed by atoms with Gasteiger partial charge in [0.05, 0.1) is 5.69 Å². The lowest BCUT2D eigenvalue weighted by atomic mass is 10.4. The van der Waals surface area contributed by atoms with Crippen LogP contribution in [0.1, 0.15) is 4.88 Å². The highest BCUT2D eigenvalue weighted by Crippen LogP contribution is 2.21. The van der Waals surface area contributed by atoms with Crippen LogP contribution in [0.5, 0.6) is 0 Å². The Balaban J connectivity index is 2.94. The molecule has 2 nitrogen and oxygen atoms in total. The van der Waals surface area contributed by atoms with Gasteiger partial charge in [-0.2, -0.15) is 0 Å². The molecule has 0 radical (unpaired) electrons. The standard InChI is InChI=1S/C6H10N2S/c1-5-6(8(2)7)3-4-9-5/h3-4H,7H2,1-2H3. The third-order valence-electron chi connectivity index (χ3n) is 1.21. The minimum Gasteiger partial charge on any atom is -0.313 e. The van der Waals surface area contributed by atoms with Gasteiger partial charge >= 0.3 is 0 Å². The average Bonchev–Trinajstić information content (AvgIpc) is 2.13. The fourth-order valence-corrected chi connectivity index (χ4v) is 1.48. The maximum atomic E-state index is 5.50. The van der Waals surface area contributed by atoms with E-state index in [0.29, 0.717) is 0 Å². The summed E-state index contributed by atoms with van der Waals surface area (Å²) in [6.07, 6.45) is 0. The number of nitrogens with zero attached hydrogens (tertiary/aromatic N) is 1. The molecule has 0 fully saturated rings. The Morgan fingerprint density at radius 1 is 1.67 bits per heavy atom. The highest BCUT2D eigenvalue weighted by molar-refractivity contribution is 7.10. The number of thiophene rings is 1.